The highest BCUT2D eigenvalue weighted by Gasteiger charge is 2.26. The van der Waals surface area contributed by atoms with Crippen LogP contribution in [0.2, 0.25) is 0 Å². The first-order valence-corrected chi connectivity index (χ1v) is 7.36. The Labute approximate surface area is 126 Å². The summed E-state index contributed by atoms with van der Waals surface area (Å²) in [6.07, 6.45) is 0. The molecule has 0 aliphatic carbocycles. The highest BCUT2D eigenvalue weighted by molar-refractivity contribution is 7.10. The molecule has 0 aliphatic heterocycles. The Bertz CT molecular complexity index is 642. The second kappa shape index (κ2) is 6.04. The van der Waals surface area contributed by atoms with Crippen molar-refractivity contribution >= 4 is 28.8 Å². The van der Waals surface area contributed by atoms with Crippen LogP contribution < -0.4 is 11.1 Å². The third-order valence-corrected chi connectivity index (χ3v) is 4.02. The lowest BCUT2D eigenvalue weighted by molar-refractivity contribution is -0.385. The van der Waals surface area contributed by atoms with E-state index in [-0.39, 0.29) is 35.1 Å². The van der Waals surface area contributed by atoms with E-state index in [1.165, 1.54) is 0 Å². The van der Waals surface area contributed by atoms with Gasteiger partial charge in [0.15, 0.2) is 0 Å². The first kappa shape index (κ1) is 15.2. The molecule has 1 atom stereocenters. The normalized spacial score (nSPS) is 12.4. The summed E-state index contributed by atoms with van der Waals surface area (Å²) in [6.45, 7) is 5.64. The summed E-state index contributed by atoms with van der Waals surface area (Å²) in [5.74, 6) is 0.422. The van der Waals surface area contributed by atoms with Gasteiger partial charge in [0.05, 0.1) is 11.0 Å². The van der Waals surface area contributed by atoms with Crippen molar-refractivity contribution in [3.8, 4) is 0 Å². The second-order valence-electron chi connectivity index (χ2n) is 5.00. The molecule has 2 aromatic rings. The van der Waals surface area contributed by atoms with Gasteiger partial charge in [-0.1, -0.05) is 19.9 Å². The standard InChI is InChI=1S/C13H17N5O2S/c1-7(2)10(9-5-4-6-21-9)16-12-11(18(19)20)8(3)15-13(14)17-12/h4-7,10H,1-3H3,(H3,14,15,16,17). The maximum atomic E-state index is 11.2. The van der Waals surface area contributed by atoms with Gasteiger partial charge in [-0.2, -0.15) is 4.98 Å². The van der Waals surface area contributed by atoms with Gasteiger partial charge in [0, 0.05) is 4.88 Å². The molecule has 8 heteroatoms. The minimum absolute atomic E-state index is 0.0225. The molecule has 0 spiro atoms. The van der Waals surface area contributed by atoms with Crippen LogP contribution in [0.4, 0.5) is 17.5 Å². The number of nitrogens with two attached hydrogens (primary N) is 1. The molecule has 7 nitrogen and oxygen atoms in total. The van der Waals surface area contributed by atoms with Gasteiger partial charge in [-0.3, -0.25) is 10.1 Å². The molecule has 0 aliphatic rings. The largest absolute Gasteiger partial charge is 0.368 e. The first-order chi connectivity index (χ1) is 9.90. The van der Waals surface area contributed by atoms with Crippen molar-refractivity contribution in [3.63, 3.8) is 0 Å². The second-order valence-corrected chi connectivity index (χ2v) is 5.98. The van der Waals surface area contributed by atoms with Crippen LogP contribution in [-0.4, -0.2) is 14.9 Å². The Kier molecular flexibility index (Phi) is 4.37. The fourth-order valence-corrected chi connectivity index (χ4v) is 3.04. The molecule has 0 saturated heterocycles. The van der Waals surface area contributed by atoms with Crippen molar-refractivity contribution < 1.29 is 4.92 Å². The Morgan fingerprint density at radius 1 is 1.43 bits per heavy atom. The van der Waals surface area contributed by atoms with E-state index >= 15 is 0 Å². The number of nitrogens with one attached hydrogen (secondary N) is 1. The summed E-state index contributed by atoms with van der Waals surface area (Å²) in [5, 5.41) is 16.4. The van der Waals surface area contributed by atoms with Crippen molar-refractivity contribution in [1.29, 1.82) is 0 Å². The van der Waals surface area contributed by atoms with Crippen molar-refractivity contribution in [2.75, 3.05) is 11.1 Å². The number of nitrogens with zero attached hydrogens (tertiary/aromatic N) is 3. The van der Waals surface area contributed by atoms with Gasteiger partial charge < -0.3 is 11.1 Å². The third kappa shape index (κ3) is 3.27. The minimum Gasteiger partial charge on any atom is -0.368 e. The zero-order valence-corrected chi connectivity index (χ0v) is 12.8. The van der Waals surface area contributed by atoms with E-state index in [9.17, 15) is 10.1 Å². The summed E-state index contributed by atoms with van der Waals surface area (Å²) in [7, 11) is 0. The van der Waals surface area contributed by atoms with Gasteiger partial charge in [-0.15, -0.1) is 11.3 Å². The van der Waals surface area contributed by atoms with Gasteiger partial charge in [-0.05, 0) is 24.3 Å². The SMILES string of the molecule is Cc1nc(N)nc(NC(c2cccs2)C(C)C)c1[N+](=O)[O-]. The predicted octanol–water partition coefficient (Wildman–Crippen LogP) is 3.15. The zero-order valence-electron chi connectivity index (χ0n) is 12.0. The van der Waals surface area contributed by atoms with Gasteiger partial charge in [0.2, 0.25) is 11.8 Å². The van der Waals surface area contributed by atoms with Crippen LogP contribution in [0.25, 0.3) is 0 Å². The summed E-state index contributed by atoms with van der Waals surface area (Å²) in [4.78, 5) is 19.7. The van der Waals surface area contributed by atoms with Gasteiger partial charge in [-0.25, -0.2) is 4.98 Å². The Hall–Kier alpha value is -2.22. The average molecular weight is 307 g/mol. The van der Waals surface area contributed by atoms with Gasteiger partial charge in [0.25, 0.3) is 0 Å². The molecular weight excluding hydrogens is 290 g/mol. The summed E-state index contributed by atoms with van der Waals surface area (Å²) in [6, 6.07) is 3.87. The fraction of sp³-hybridized carbons (Fsp3) is 0.385. The van der Waals surface area contributed by atoms with Crippen molar-refractivity contribution in [3.05, 3.63) is 38.2 Å². The van der Waals surface area contributed by atoms with Crippen LogP contribution in [0.15, 0.2) is 17.5 Å². The monoisotopic (exact) mass is 307 g/mol. The van der Waals surface area contributed by atoms with E-state index in [1.807, 2.05) is 31.4 Å². The van der Waals surface area contributed by atoms with Gasteiger partial charge >= 0.3 is 5.69 Å². The molecule has 2 rings (SSSR count). The number of rotatable bonds is 5. The zero-order chi connectivity index (χ0) is 15.6. The number of anilines is 2. The Morgan fingerprint density at radius 3 is 2.67 bits per heavy atom. The molecule has 0 radical (unpaired) electrons. The molecule has 3 N–H and O–H groups in total. The number of hydrogen-bond donors (Lipinski definition) is 2. The molecule has 2 aromatic heterocycles. The molecule has 0 aromatic carbocycles. The maximum absolute atomic E-state index is 11.2. The summed E-state index contributed by atoms with van der Waals surface area (Å²) < 4.78 is 0. The van der Waals surface area contributed by atoms with Gasteiger partial charge in [0.1, 0.15) is 5.69 Å². The van der Waals surface area contributed by atoms with Crippen molar-refractivity contribution in [2.24, 2.45) is 5.92 Å². The number of hydrogen-bond acceptors (Lipinski definition) is 7. The molecule has 2 heterocycles. The van der Waals surface area contributed by atoms with E-state index in [1.54, 1.807) is 18.3 Å². The number of thiophene rings is 1. The molecule has 0 fully saturated rings. The van der Waals surface area contributed by atoms with Crippen LogP contribution in [0.3, 0.4) is 0 Å². The van der Waals surface area contributed by atoms with Crippen molar-refractivity contribution in [2.45, 2.75) is 26.8 Å². The Balaban J connectivity index is 2.44. The molecular formula is C13H17N5O2S. The number of aryl methyl sites for hydroxylation is 1. The maximum Gasteiger partial charge on any atom is 0.332 e. The van der Waals surface area contributed by atoms with Crippen LogP contribution in [-0.2, 0) is 0 Å². The van der Waals surface area contributed by atoms with E-state index < -0.39 is 4.92 Å². The van der Waals surface area contributed by atoms with E-state index in [0.717, 1.165) is 4.88 Å². The highest BCUT2D eigenvalue weighted by Crippen LogP contribution is 2.33. The van der Waals surface area contributed by atoms with Crippen LogP contribution in [0.1, 0.15) is 30.5 Å². The lowest BCUT2D eigenvalue weighted by atomic mass is 10.0. The quantitative estimate of drug-likeness (QED) is 0.649. The molecule has 0 saturated carbocycles. The van der Waals surface area contributed by atoms with E-state index in [0.29, 0.717) is 0 Å². The van der Waals surface area contributed by atoms with E-state index in [2.05, 4.69) is 15.3 Å². The molecule has 1 unspecified atom stereocenters. The minimum atomic E-state index is -0.483. The Morgan fingerprint density at radius 2 is 2.14 bits per heavy atom. The lowest BCUT2D eigenvalue weighted by Crippen LogP contribution is -2.18. The average Bonchev–Trinajstić information content (AvgIpc) is 2.87. The number of nitrogen functional groups attached to an aromatic ring is 1. The first-order valence-electron chi connectivity index (χ1n) is 6.48. The smallest absolute Gasteiger partial charge is 0.332 e. The van der Waals surface area contributed by atoms with Crippen LogP contribution in [0.5, 0.6) is 0 Å². The topological polar surface area (TPSA) is 107 Å². The third-order valence-electron chi connectivity index (χ3n) is 3.07. The molecule has 112 valence electrons. The van der Waals surface area contributed by atoms with Crippen molar-refractivity contribution in [1.82, 2.24) is 9.97 Å². The summed E-state index contributed by atoms with van der Waals surface area (Å²) in [5.41, 5.74) is 5.74. The van der Waals surface area contributed by atoms with Crippen LogP contribution >= 0.6 is 11.3 Å². The van der Waals surface area contributed by atoms with E-state index in [4.69, 9.17) is 5.73 Å². The predicted molar refractivity (Wildman–Crippen MR) is 83.4 cm³/mol. The lowest BCUT2D eigenvalue weighted by Gasteiger charge is -2.22. The fourth-order valence-electron chi connectivity index (χ4n) is 2.09. The number of nitro groups is 1. The molecule has 21 heavy (non-hydrogen) atoms. The molecule has 0 bridgehead atoms. The van der Waals surface area contributed by atoms with Crippen LogP contribution in [0, 0.1) is 23.0 Å². The molecule has 0 amide bonds. The number of aromatic nitrogens is 2. The highest BCUT2D eigenvalue weighted by atomic mass is 32.1. The summed E-state index contributed by atoms with van der Waals surface area (Å²) >= 11 is 1.59.